The van der Waals surface area contributed by atoms with Crippen LogP contribution in [0.25, 0.3) is 0 Å². The fourth-order valence-corrected chi connectivity index (χ4v) is 3.21. The molecule has 0 aromatic carbocycles. The topological polar surface area (TPSA) is 107 Å². The van der Waals surface area contributed by atoms with Gasteiger partial charge in [-0.2, -0.15) is 0 Å². The van der Waals surface area contributed by atoms with E-state index in [1.807, 2.05) is 5.38 Å². The lowest BCUT2D eigenvalue weighted by Gasteiger charge is -2.13. The molecule has 110 valence electrons. The molecular weight excluding hydrogens is 282 g/mol. The third-order valence-electron chi connectivity index (χ3n) is 3.45. The van der Waals surface area contributed by atoms with Crippen LogP contribution in [0.15, 0.2) is 10.4 Å². The van der Waals surface area contributed by atoms with Crippen LogP contribution in [0.5, 0.6) is 0 Å². The van der Waals surface area contributed by atoms with E-state index in [9.17, 15) is 10.2 Å². The number of aromatic nitrogens is 1. The Morgan fingerprint density at radius 1 is 1.40 bits per heavy atom. The van der Waals surface area contributed by atoms with Crippen LogP contribution in [0, 0.1) is 0 Å². The van der Waals surface area contributed by atoms with Crippen molar-refractivity contribution in [3.05, 3.63) is 16.1 Å². The molecule has 4 N–H and O–H groups in total. The molecule has 3 heterocycles. The summed E-state index contributed by atoms with van der Waals surface area (Å²) in [5.74, 6) is 0.755. The highest BCUT2D eigenvalue weighted by Gasteiger charge is 2.44. The van der Waals surface area contributed by atoms with Gasteiger partial charge in [0.15, 0.2) is 0 Å². The van der Waals surface area contributed by atoms with E-state index in [0.717, 1.165) is 31.0 Å². The SMILES string of the molecule is OCC1OC(c2nc(C3=NCCCN3)cs2)C(O)C1O. The summed E-state index contributed by atoms with van der Waals surface area (Å²) in [7, 11) is 0. The van der Waals surface area contributed by atoms with Crippen molar-refractivity contribution < 1.29 is 20.1 Å². The van der Waals surface area contributed by atoms with E-state index in [4.69, 9.17) is 9.84 Å². The molecule has 0 spiro atoms. The molecule has 7 nitrogen and oxygen atoms in total. The predicted octanol–water partition coefficient (Wildman–Crippen LogP) is -0.963. The summed E-state index contributed by atoms with van der Waals surface area (Å²) < 4.78 is 5.46. The van der Waals surface area contributed by atoms with Gasteiger partial charge in [0.1, 0.15) is 41.0 Å². The number of thiazole rings is 1. The molecule has 1 fully saturated rings. The minimum Gasteiger partial charge on any atom is -0.394 e. The lowest BCUT2D eigenvalue weighted by molar-refractivity contribution is -0.0228. The lowest BCUT2D eigenvalue weighted by Crippen LogP contribution is -2.32. The Bertz CT molecular complexity index is 507. The van der Waals surface area contributed by atoms with Crippen molar-refractivity contribution in [2.45, 2.75) is 30.8 Å². The molecule has 2 aliphatic heterocycles. The van der Waals surface area contributed by atoms with Crippen LogP contribution < -0.4 is 5.32 Å². The fraction of sp³-hybridized carbons (Fsp3) is 0.667. The summed E-state index contributed by atoms with van der Waals surface area (Å²) in [4.78, 5) is 8.78. The molecule has 8 heteroatoms. The van der Waals surface area contributed by atoms with E-state index in [1.165, 1.54) is 11.3 Å². The number of nitrogens with zero attached hydrogens (tertiary/aromatic N) is 2. The largest absolute Gasteiger partial charge is 0.394 e. The highest BCUT2D eigenvalue weighted by Crippen LogP contribution is 2.35. The average Bonchev–Trinajstić information content (AvgIpc) is 3.07. The second-order valence-corrected chi connectivity index (χ2v) is 5.73. The zero-order chi connectivity index (χ0) is 14.1. The van der Waals surface area contributed by atoms with E-state index in [0.29, 0.717) is 5.01 Å². The Balaban J connectivity index is 1.78. The zero-order valence-electron chi connectivity index (χ0n) is 10.8. The lowest BCUT2D eigenvalue weighted by atomic mass is 10.1. The van der Waals surface area contributed by atoms with Gasteiger partial charge in [-0.1, -0.05) is 0 Å². The quantitative estimate of drug-likeness (QED) is 0.572. The third-order valence-corrected chi connectivity index (χ3v) is 4.35. The number of hydrogen-bond donors (Lipinski definition) is 4. The summed E-state index contributed by atoms with van der Waals surface area (Å²) in [6, 6.07) is 0. The van der Waals surface area contributed by atoms with Crippen LogP contribution in [0.2, 0.25) is 0 Å². The van der Waals surface area contributed by atoms with Gasteiger partial charge < -0.3 is 25.4 Å². The van der Waals surface area contributed by atoms with E-state index in [1.54, 1.807) is 0 Å². The average molecular weight is 299 g/mol. The molecule has 1 saturated heterocycles. The summed E-state index contributed by atoms with van der Waals surface area (Å²) in [5.41, 5.74) is 0.724. The van der Waals surface area contributed by atoms with Gasteiger partial charge in [0.05, 0.1) is 6.61 Å². The first kappa shape index (κ1) is 13.9. The van der Waals surface area contributed by atoms with Gasteiger partial charge in [-0.25, -0.2) is 4.98 Å². The second kappa shape index (κ2) is 5.74. The molecular formula is C12H17N3O4S. The number of ether oxygens (including phenoxy) is 1. The number of aliphatic hydroxyl groups is 3. The molecule has 20 heavy (non-hydrogen) atoms. The number of aliphatic hydroxyl groups excluding tert-OH is 3. The second-order valence-electron chi connectivity index (χ2n) is 4.84. The van der Waals surface area contributed by atoms with Crippen molar-refractivity contribution in [2.75, 3.05) is 19.7 Å². The smallest absolute Gasteiger partial charge is 0.148 e. The Kier molecular flexibility index (Phi) is 3.99. The first-order valence-electron chi connectivity index (χ1n) is 6.57. The molecule has 0 bridgehead atoms. The molecule has 0 radical (unpaired) electrons. The molecule has 0 aliphatic carbocycles. The Labute approximate surface area is 120 Å². The maximum Gasteiger partial charge on any atom is 0.148 e. The van der Waals surface area contributed by atoms with Gasteiger partial charge in [-0.05, 0) is 6.42 Å². The molecule has 0 saturated carbocycles. The molecule has 3 rings (SSSR count). The van der Waals surface area contributed by atoms with E-state index in [-0.39, 0.29) is 6.61 Å². The minimum absolute atomic E-state index is 0.332. The van der Waals surface area contributed by atoms with Crippen LogP contribution in [0.4, 0.5) is 0 Å². The van der Waals surface area contributed by atoms with Gasteiger partial charge in [0.25, 0.3) is 0 Å². The van der Waals surface area contributed by atoms with Crippen molar-refractivity contribution in [2.24, 2.45) is 4.99 Å². The zero-order valence-corrected chi connectivity index (χ0v) is 11.6. The first-order chi connectivity index (χ1) is 9.70. The number of hydrogen-bond acceptors (Lipinski definition) is 8. The Morgan fingerprint density at radius 2 is 2.25 bits per heavy atom. The van der Waals surface area contributed by atoms with Crippen LogP contribution in [-0.2, 0) is 4.74 Å². The summed E-state index contributed by atoms with van der Waals surface area (Å²) in [6.07, 6.45) is -2.64. The fourth-order valence-electron chi connectivity index (χ4n) is 2.33. The molecule has 4 atom stereocenters. The first-order valence-corrected chi connectivity index (χ1v) is 7.45. The van der Waals surface area contributed by atoms with Crippen molar-refractivity contribution in [1.82, 2.24) is 10.3 Å². The maximum atomic E-state index is 9.97. The Morgan fingerprint density at radius 3 is 2.90 bits per heavy atom. The Hall–Kier alpha value is -1.06. The molecule has 4 unspecified atom stereocenters. The van der Waals surface area contributed by atoms with E-state index in [2.05, 4.69) is 15.3 Å². The monoisotopic (exact) mass is 299 g/mol. The van der Waals surface area contributed by atoms with Crippen molar-refractivity contribution in [3.8, 4) is 0 Å². The van der Waals surface area contributed by atoms with Crippen LogP contribution >= 0.6 is 11.3 Å². The number of nitrogens with one attached hydrogen (secondary N) is 1. The van der Waals surface area contributed by atoms with Crippen molar-refractivity contribution >= 4 is 17.2 Å². The predicted molar refractivity (Wildman–Crippen MR) is 72.9 cm³/mol. The molecule has 1 aromatic rings. The number of rotatable bonds is 3. The standard InChI is InChI=1S/C12H17N3O4S/c16-4-7-8(17)9(18)10(19-7)12-15-6(5-20-12)11-13-2-1-3-14-11/h5,7-10,16-18H,1-4H2,(H,13,14). The van der Waals surface area contributed by atoms with Gasteiger partial charge >= 0.3 is 0 Å². The van der Waals surface area contributed by atoms with Gasteiger partial charge in [-0.3, -0.25) is 4.99 Å². The molecule has 2 aliphatic rings. The van der Waals surface area contributed by atoms with Crippen LogP contribution in [0.3, 0.4) is 0 Å². The normalized spacial score (nSPS) is 33.9. The van der Waals surface area contributed by atoms with Crippen LogP contribution in [0.1, 0.15) is 23.2 Å². The van der Waals surface area contributed by atoms with Gasteiger partial charge in [-0.15, -0.1) is 11.3 Å². The molecule has 1 aromatic heterocycles. The molecule has 0 amide bonds. The number of amidine groups is 1. The highest BCUT2D eigenvalue weighted by molar-refractivity contribution is 7.09. The van der Waals surface area contributed by atoms with Gasteiger partial charge in [0, 0.05) is 18.5 Å². The van der Waals surface area contributed by atoms with Crippen molar-refractivity contribution in [3.63, 3.8) is 0 Å². The summed E-state index contributed by atoms with van der Waals surface area (Å²) in [6.45, 7) is 1.32. The van der Waals surface area contributed by atoms with Crippen LogP contribution in [-0.4, -0.2) is 64.1 Å². The van der Waals surface area contributed by atoms with Crippen molar-refractivity contribution in [1.29, 1.82) is 0 Å². The minimum atomic E-state index is -1.09. The summed E-state index contributed by atoms with van der Waals surface area (Å²) >= 11 is 1.35. The third kappa shape index (κ3) is 2.45. The van der Waals surface area contributed by atoms with E-state index < -0.39 is 24.4 Å². The summed E-state index contributed by atoms with van der Waals surface area (Å²) in [5, 5.41) is 34.4. The van der Waals surface area contributed by atoms with Gasteiger partial charge in [0.2, 0.25) is 0 Å². The number of aliphatic imine (C=N–C) groups is 1. The maximum absolute atomic E-state index is 9.97. The highest BCUT2D eigenvalue weighted by atomic mass is 32.1. The van der Waals surface area contributed by atoms with E-state index >= 15 is 0 Å².